The van der Waals surface area contributed by atoms with E-state index in [4.69, 9.17) is 0 Å². The molecule has 1 aromatic rings. The molecule has 0 radical (unpaired) electrons. The van der Waals surface area contributed by atoms with Crippen LogP contribution in [0.4, 0.5) is 0 Å². The van der Waals surface area contributed by atoms with Crippen LogP contribution in [0.5, 0.6) is 0 Å². The Hall–Kier alpha value is -0.860. The maximum absolute atomic E-state index is 3.21. The van der Waals surface area contributed by atoms with Gasteiger partial charge in [0.15, 0.2) is 0 Å². The van der Waals surface area contributed by atoms with Crippen LogP contribution in [-0.4, -0.2) is 31.1 Å². The van der Waals surface area contributed by atoms with E-state index in [1.54, 1.807) is 0 Å². The van der Waals surface area contributed by atoms with Crippen molar-refractivity contribution in [2.75, 3.05) is 20.1 Å². The molecular formula is C18H30N2. The topological polar surface area (TPSA) is 15.3 Å². The van der Waals surface area contributed by atoms with Gasteiger partial charge in [0.05, 0.1) is 0 Å². The summed E-state index contributed by atoms with van der Waals surface area (Å²) in [4.78, 5) is 2.68. The second-order valence-corrected chi connectivity index (χ2v) is 6.55. The lowest BCUT2D eigenvalue weighted by Crippen LogP contribution is -2.27. The van der Waals surface area contributed by atoms with Gasteiger partial charge in [-0.05, 0) is 62.9 Å². The monoisotopic (exact) mass is 274 g/mol. The normalized spacial score (nSPS) is 15.2. The first kappa shape index (κ1) is 15.5. The van der Waals surface area contributed by atoms with Crippen molar-refractivity contribution in [2.45, 2.75) is 52.1 Å². The molecule has 112 valence electrons. The molecule has 1 N–H and O–H groups in total. The Morgan fingerprint density at radius 1 is 1.15 bits per heavy atom. The predicted octanol–water partition coefficient (Wildman–Crippen LogP) is 3.46. The highest BCUT2D eigenvalue weighted by Gasteiger charge is 2.28. The Kier molecular flexibility index (Phi) is 6.06. The van der Waals surface area contributed by atoms with Gasteiger partial charge >= 0.3 is 0 Å². The third-order valence-electron chi connectivity index (χ3n) is 4.13. The van der Waals surface area contributed by atoms with E-state index in [0.29, 0.717) is 0 Å². The van der Waals surface area contributed by atoms with Crippen molar-refractivity contribution < 1.29 is 0 Å². The maximum Gasteiger partial charge on any atom is 0.0236 e. The second kappa shape index (κ2) is 7.80. The molecule has 0 spiro atoms. The smallest absolute Gasteiger partial charge is 0.0236 e. The summed E-state index contributed by atoms with van der Waals surface area (Å²) in [5, 5.41) is 3.21. The molecule has 1 saturated carbocycles. The van der Waals surface area contributed by atoms with Crippen molar-refractivity contribution in [3.63, 3.8) is 0 Å². The highest BCUT2D eigenvalue weighted by Crippen LogP contribution is 2.29. The van der Waals surface area contributed by atoms with Crippen molar-refractivity contribution in [2.24, 2.45) is 5.92 Å². The van der Waals surface area contributed by atoms with Gasteiger partial charge in [0.1, 0.15) is 0 Å². The summed E-state index contributed by atoms with van der Waals surface area (Å²) >= 11 is 0. The van der Waals surface area contributed by atoms with Crippen LogP contribution in [0, 0.1) is 5.92 Å². The van der Waals surface area contributed by atoms with Gasteiger partial charge in [-0.3, -0.25) is 4.90 Å². The second-order valence-electron chi connectivity index (χ2n) is 6.55. The van der Waals surface area contributed by atoms with Gasteiger partial charge in [0, 0.05) is 12.6 Å². The average Bonchev–Trinajstić information content (AvgIpc) is 3.27. The molecule has 0 saturated heterocycles. The van der Waals surface area contributed by atoms with Crippen LogP contribution in [0.15, 0.2) is 24.3 Å². The molecule has 0 bridgehead atoms. The first-order chi connectivity index (χ1) is 9.69. The molecule has 2 nitrogen and oxygen atoms in total. The van der Waals surface area contributed by atoms with Crippen LogP contribution in [0.3, 0.4) is 0 Å². The molecule has 1 aliphatic carbocycles. The van der Waals surface area contributed by atoms with Gasteiger partial charge in [-0.2, -0.15) is 0 Å². The van der Waals surface area contributed by atoms with Crippen LogP contribution in [-0.2, 0) is 13.0 Å². The minimum Gasteiger partial charge on any atom is -0.319 e. The van der Waals surface area contributed by atoms with E-state index in [1.807, 2.05) is 7.05 Å². The summed E-state index contributed by atoms with van der Waals surface area (Å²) in [6.45, 7) is 8.08. The van der Waals surface area contributed by atoms with Crippen molar-refractivity contribution in [3.05, 3.63) is 35.4 Å². The minimum atomic E-state index is 0.806. The highest BCUT2D eigenvalue weighted by atomic mass is 15.2. The summed E-state index contributed by atoms with van der Waals surface area (Å²) in [6, 6.07) is 10.1. The van der Waals surface area contributed by atoms with E-state index in [1.165, 1.54) is 36.9 Å². The molecular weight excluding hydrogens is 244 g/mol. The summed E-state index contributed by atoms with van der Waals surface area (Å²) < 4.78 is 0. The Morgan fingerprint density at radius 2 is 1.80 bits per heavy atom. The first-order valence-corrected chi connectivity index (χ1v) is 8.15. The van der Waals surface area contributed by atoms with Gasteiger partial charge < -0.3 is 5.32 Å². The summed E-state index contributed by atoms with van der Waals surface area (Å²) in [5.41, 5.74) is 2.90. The van der Waals surface area contributed by atoms with E-state index in [0.717, 1.165) is 31.5 Å². The number of likely N-dealkylation sites (N-methyl/N-ethyl adjacent to an activating group) is 1. The van der Waals surface area contributed by atoms with Crippen LogP contribution >= 0.6 is 0 Å². The number of rotatable bonds is 9. The summed E-state index contributed by atoms with van der Waals surface area (Å²) in [6.07, 6.45) is 5.24. The fourth-order valence-corrected chi connectivity index (χ4v) is 2.57. The average molecular weight is 274 g/mol. The zero-order chi connectivity index (χ0) is 14.4. The van der Waals surface area contributed by atoms with Gasteiger partial charge in [-0.15, -0.1) is 0 Å². The van der Waals surface area contributed by atoms with Crippen molar-refractivity contribution in [1.82, 2.24) is 10.2 Å². The lowest BCUT2D eigenvalue weighted by Gasteiger charge is -2.23. The Morgan fingerprint density at radius 3 is 2.35 bits per heavy atom. The molecule has 1 aromatic carbocycles. The van der Waals surface area contributed by atoms with Crippen molar-refractivity contribution >= 4 is 0 Å². The standard InChI is InChI=1S/C18H30N2/c1-15(2)11-13-20(18-8-9-18)14-17-6-4-16(5-7-17)10-12-19-3/h4-7,15,18-19H,8-14H2,1-3H3. The lowest BCUT2D eigenvalue weighted by atomic mass is 10.1. The van der Waals surface area contributed by atoms with E-state index in [-0.39, 0.29) is 0 Å². The Bertz CT molecular complexity index is 379. The van der Waals surface area contributed by atoms with Crippen LogP contribution in [0.2, 0.25) is 0 Å². The number of nitrogens with one attached hydrogen (secondary N) is 1. The number of benzene rings is 1. The SMILES string of the molecule is CNCCc1ccc(CN(CCC(C)C)C2CC2)cc1. The maximum atomic E-state index is 3.21. The molecule has 0 aliphatic heterocycles. The molecule has 0 atom stereocenters. The van der Waals surface area contributed by atoms with E-state index < -0.39 is 0 Å². The quantitative estimate of drug-likeness (QED) is 0.742. The molecule has 0 aromatic heterocycles. The zero-order valence-corrected chi connectivity index (χ0v) is 13.4. The molecule has 1 fully saturated rings. The Labute approximate surface area is 124 Å². The van der Waals surface area contributed by atoms with Crippen molar-refractivity contribution in [1.29, 1.82) is 0 Å². The Balaban J connectivity index is 1.86. The third kappa shape index (κ3) is 5.26. The number of hydrogen-bond acceptors (Lipinski definition) is 2. The van der Waals surface area contributed by atoms with E-state index in [2.05, 4.69) is 48.3 Å². The van der Waals surface area contributed by atoms with Crippen LogP contribution < -0.4 is 5.32 Å². The molecule has 2 heteroatoms. The van der Waals surface area contributed by atoms with Gasteiger partial charge in [0.2, 0.25) is 0 Å². The van der Waals surface area contributed by atoms with Crippen LogP contribution in [0.1, 0.15) is 44.2 Å². The van der Waals surface area contributed by atoms with E-state index in [9.17, 15) is 0 Å². The fourth-order valence-electron chi connectivity index (χ4n) is 2.57. The van der Waals surface area contributed by atoms with Gasteiger partial charge in [-0.25, -0.2) is 0 Å². The van der Waals surface area contributed by atoms with Gasteiger partial charge in [-0.1, -0.05) is 38.1 Å². The molecule has 0 unspecified atom stereocenters. The molecule has 1 aliphatic rings. The van der Waals surface area contributed by atoms with Crippen molar-refractivity contribution in [3.8, 4) is 0 Å². The number of nitrogens with zero attached hydrogens (tertiary/aromatic N) is 1. The zero-order valence-electron chi connectivity index (χ0n) is 13.4. The summed E-state index contributed by atoms with van der Waals surface area (Å²) in [5.74, 6) is 0.806. The minimum absolute atomic E-state index is 0.806. The highest BCUT2D eigenvalue weighted by molar-refractivity contribution is 5.23. The van der Waals surface area contributed by atoms with Crippen LogP contribution in [0.25, 0.3) is 0 Å². The fraction of sp³-hybridized carbons (Fsp3) is 0.667. The first-order valence-electron chi connectivity index (χ1n) is 8.15. The summed E-state index contributed by atoms with van der Waals surface area (Å²) in [7, 11) is 2.01. The molecule has 20 heavy (non-hydrogen) atoms. The molecule has 0 heterocycles. The lowest BCUT2D eigenvalue weighted by molar-refractivity contribution is 0.239. The predicted molar refractivity (Wildman–Crippen MR) is 87.0 cm³/mol. The van der Waals surface area contributed by atoms with Gasteiger partial charge in [0.25, 0.3) is 0 Å². The third-order valence-corrected chi connectivity index (χ3v) is 4.13. The largest absolute Gasteiger partial charge is 0.319 e. The molecule has 0 amide bonds. The number of hydrogen-bond donors (Lipinski definition) is 1. The van der Waals surface area contributed by atoms with E-state index >= 15 is 0 Å². The molecule has 2 rings (SSSR count).